The highest BCUT2D eigenvalue weighted by Crippen LogP contribution is 2.25. The minimum atomic E-state index is -0.200. The van der Waals surface area contributed by atoms with Crippen molar-refractivity contribution >= 4 is 11.7 Å². The highest BCUT2D eigenvalue weighted by molar-refractivity contribution is 5.87. The Hall–Kier alpha value is -2.62. The number of carbonyl (C=O) groups is 1. The molecule has 7 heteroatoms. The molecular weight excluding hydrogens is 258 g/mol. The molecule has 2 rings (SSSR count). The predicted molar refractivity (Wildman–Crippen MR) is 71.4 cm³/mol. The Bertz CT molecular complexity index is 554. The van der Waals surface area contributed by atoms with Crippen LogP contribution in [0, 0.1) is 17.2 Å². The lowest BCUT2D eigenvalue weighted by atomic mass is 10.1. The summed E-state index contributed by atoms with van der Waals surface area (Å²) in [6.45, 7) is 4.11. The first-order valence-electron chi connectivity index (χ1n) is 6.16. The number of anilines is 1. The molecular formula is C13H15N5O2. The van der Waals surface area contributed by atoms with Crippen molar-refractivity contribution in [3.8, 4) is 11.8 Å². The van der Waals surface area contributed by atoms with Crippen molar-refractivity contribution in [2.75, 3.05) is 18.9 Å². The number of ether oxygens (including phenoxy) is 1. The van der Waals surface area contributed by atoms with Gasteiger partial charge in [-0.15, -0.1) is 0 Å². The molecule has 20 heavy (non-hydrogen) atoms. The van der Waals surface area contributed by atoms with E-state index in [0.717, 1.165) is 0 Å². The number of nitrogens with zero attached hydrogens (tertiary/aromatic N) is 4. The number of likely N-dealkylation sites (tertiary alicyclic amines) is 1. The molecule has 0 saturated carbocycles. The zero-order chi connectivity index (χ0) is 14.5. The van der Waals surface area contributed by atoms with Crippen LogP contribution in [0.25, 0.3) is 0 Å². The Kier molecular flexibility index (Phi) is 4.15. The Labute approximate surface area is 116 Å². The van der Waals surface area contributed by atoms with Crippen LogP contribution in [0.15, 0.2) is 25.2 Å². The van der Waals surface area contributed by atoms with Gasteiger partial charge in [0, 0.05) is 6.54 Å². The highest BCUT2D eigenvalue weighted by atomic mass is 16.5. The van der Waals surface area contributed by atoms with Crippen LogP contribution in [0.4, 0.5) is 5.82 Å². The normalized spacial score (nSPS) is 21.2. The van der Waals surface area contributed by atoms with Crippen molar-refractivity contribution in [1.82, 2.24) is 14.9 Å². The lowest BCUT2D eigenvalue weighted by Gasteiger charge is -2.23. The van der Waals surface area contributed by atoms with E-state index in [-0.39, 0.29) is 30.3 Å². The molecule has 7 nitrogen and oxygen atoms in total. The molecule has 0 aliphatic carbocycles. The van der Waals surface area contributed by atoms with Gasteiger partial charge in [-0.2, -0.15) is 5.26 Å². The van der Waals surface area contributed by atoms with Crippen molar-refractivity contribution < 1.29 is 9.53 Å². The van der Waals surface area contributed by atoms with E-state index in [0.29, 0.717) is 18.7 Å². The fraction of sp³-hybridized carbons (Fsp3) is 0.385. The number of hydrogen-bond acceptors (Lipinski definition) is 6. The molecule has 2 heterocycles. The summed E-state index contributed by atoms with van der Waals surface area (Å²) >= 11 is 0. The number of hydrogen-bond donors (Lipinski definition) is 1. The molecule has 1 aliphatic heterocycles. The molecule has 0 bridgehead atoms. The molecule has 1 fully saturated rings. The highest BCUT2D eigenvalue weighted by Gasteiger charge is 2.34. The second-order valence-corrected chi connectivity index (χ2v) is 4.49. The van der Waals surface area contributed by atoms with Crippen molar-refractivity contribution in [3.05, 3.63) is 25.2 Å². The van der Waals surface area contributed by atoms with Gasteiger partial charge in [0.05, 0.1) is 24.2 Å². The molecule has 0 radical (unpaired) electrons. The van der Waals surface area contributed by atoms with Gasteiger partial charge in [-0.1, -0.05) is 6.58 Å². The molecule has 1 amide bonds. The molecule has 104 valence electrons. The Balaban J connectivity index is 2.03. The maximum absolute atomic E-state index is 11.8. The summed E-state index contributed by atoms with van der Waals surface area (Å²) in [5.41, 5.74) is 5.65. The maximum Gasteiger partial charge on any atom is 0.246 e. The Morgan fingerprint density at radius 1 is 1.75 bits per heavy atom. The average Bonchev–Trinajstić information content (AvgIpc) is 2.89. The number of nitrogens with two attached hydrogens (primary N) is 1. The molecule has 2 atom stereocenters. The van der Waals surface area contributed by atoms with Gasteiger partial charge in [0.1, 0.15) is 12.9 Å². The van der Waals surface area contributed by atoms with Crippen molar-refractivity contribution in [2.45, 2.75) is 12.5 Å². The van der Waals surface area contributed by atoms with Crippen LogP contribution in [-0.4, -0.2) is 40.0 Å². The minimum Gasteiger partial charge on any atom is -0.486 e. The van der Waals surface area contributed by atoms with Crippen molar-refractivity contribution in [1.29, 1.82) is 5.26 Å². The van der Waals surface area contributed by atoms with Crippen LogP contribution in [0.3, 0.4) is 0 Å². The average molecular weight is 273 g/mol. The van der Waals surface area contributed by atoms with Gasteiger partial charge < -0.3 is 15.4 Å². The first kappa shape index (κ1) is 13.8. The van der Waals surface area contributed by atoms with E-state index in [1.165, 1.54) is 18.6 Å². The summed E-state index contributed by atoms with van der Waals surface area (Å²) in [6.07, 6.45) is 4.62. The summed E-state index contributed by atoms with van der Waals surface area (Å²) in [6, 6.07) is 2.00. The fourth-order valence-corrected chi connectivity index (χ4v) is 2.18. The van der Waals surface area contributed by atoms with E-state index in [4.69, 9.17) is 15.7 Å². The van der Waals surface area contributed by atoms with Gasteiger partial charge in [-0.3, -0.25) is 4.79 Å². The molecule has 1 aromatic rings. The largest absolute Gasteiger partial charge is 0.486 e. The molecule has 2 N–H and O–H groups in total. The third-order valence-corrected chi connectivity index (χ3v) is 3.19. The summed E-state index contributed by atoms with van der Waals surface area (Å²) in [7, 11) is 0. The van der Waals surface area contributed by atoms with E-state index < -0.39 is 0 Å². The second-order valence-electron chi connectivity index (χ2n) is 4.49. The Morgan fingerprint density at radius 3 is 3.20 bits per heavy atom. The van der Waals surface area contributed by atoms with Gasteiger partial charge in [0.25, 0.3) is 0 Å². The number of rotatable bonds is 4. The van der Waals surface area contributed by atoms with Gasteiger partial charge in [-0.25, -0.2) is 9.97 Å². The number of nitrogen functional groups attached to an aromatic ring is 1. The molecule has 1 aromatic heterocycles. The standard InChI is InChI=1S/C13H15N5O2/c1-2-12(19)18-6-9(4-14)3-10(18)7-20-11-5-16-8-17-13(11)15/h2,5,8-10H,1,3,6-7H2,(H2,15,16,17)/t9-,10+/m1/s1. The molecule has 0 aromatic carbocycles. The summed E-state index contributed by atoms with van der Waals surface area (Å²) in [4.78, 5) is 21.0. The maximum atomic E-state index is 11.8. The first-order valence-corrected chi connectivity index (χ1v) is 6.16. The molecule has 1 aliphatic rings. The summed E-state index contributed by atoms with van der Waals surface area (Å²) in [5.74, 6) is 0.237. The van der Waals surface area contributed by atoms with Gasteiger partial charge >= 0.3 is 0 Å². The second kappa shape index (κ2) is 6.02. The number of carbonyl (C=O) groups excluding carboxylic acids is 1. The van der Waals surface area contributed by atoms with Gasteiger partial charge in [0.15, 0.2) is 11.6 Å². The first-order chi connectivity index (χ1) is 9.65. The van der Waals surface area contributed by atoms with Crippen molar-refractivity contribution in [3.63, 3.8) is 0 Å². The van der Waals surface area contributed by atoms with Crippen LogP contribution >= 0.6 is 0 Å². The molecule has 0 unspecified atom stereocenters. The minimum absolute atomic E-state index is 0.176. The smallest absolute Gasteiger partial charge is 0.246 e. The number of nitriles is 1. The predicted octanol–water partition coefficient (Wildman–Crippen LogP) is 0.364. The molecule has 0 spiro atoms. The van der Waals surface area contributed by atoms with E-state index in [1.54, 1.807) is 4.90 Å². The van der Waals surface area contributed by atoms with Crippen LogP contribution in [0.5, 0.6) is 5.75 Å². The SMILES string of the molecule is C=CC(=O)N1C[C@@H](C#N)C[C@H]1COc1cncnc1N. The number of amides is 1. The van der Waals surface area contributed by atoms with E-state index in [9.17, 15) is 4.79 Å². The monoisotopic (exact) mass is 273 g/mol. The van der Waals surface area contributed by atoms with Crippen LogP contribution in [0.1, 0.15) is 6.42 Å². The summed E-state index contributed by atoms with van der Waals surface area (Å²) in [5, 5.41) is 8.99. The Morgan fingerprint density at radius 2 is 2.55 bits per heavy atom. The fourth-order valence-electron chi connectivity index (χ4n) is 2.18. The van der Waals surface area contributed by atoms with E-state index >= 15 is 0 Å². The lowest BCUT2D eigenvalue weighted by Crippen LogP contribution is -2.38. The van der Waals surface area contributed by atoms with Crippen molar-refractivity contribution in [2.24, 2.45) is 5.92 Å². The topological polar surface area (TPSA) is 105 Å². The zero-order valence-corrected chi connectivity index (χ0v) is 10.9. The van der Waals surface area contributed by atoms with Crippen LogP contribution in [0.2, 0.25) is 0 Å². The van der Waals surface area contributed by atoms with Gasteiger partial charge in [0.2, 0.25) is 5.91 Å². The lowest BCUT2D eigenvalue weighted by molar-refractivity contribution is -0.127. The summed E-state index contributed by atoms with van der Waals surface area (Å²) < 4.78 is 5.55. The third-order valence-electron chi connectivity index (χ3n) is 3.19. The number of aromatic nitrogens is 2. The van der Waals surface area contributed by atoms with Crippen LogP contribution < -0.4 is 10.5 Å². The quantitative estimate of drug-likeness (QED) is 0.794. The van der Waals surface area contributed by atoms with Crippen LogP contribution in [-0.2, 0) is 4.79 Å². The molecule has 1 saturated heterocycles. The zero-order valence-electron chi connectivity index (χ0n) is 10.9. The van der Waals surface area contributed by atoms with E-state index in [1.807, 2.05) is 0 Å². The third kappa shape index (κ3) is 2.85. The van der Waals surface area contributed by atoms with Gasteiger partial charge in [-0.05, 0) is 12.5 Å². The van der Waals surface area contributed by atoms with E-state index in [2.05, 4.69) is 22.6 Å².